The average molecular weight is 480 g/mol. The van der Waals surface area contributed by atoms with Crippen molar-refractivity contribution in [3.8, 4) is 0 Å². The molecule has 0 aliphatic rings. The number of anilines is 2. The summed E-state index contributed by atoms with van der Waals surface area (Å²) in [6, 6.07) is 6.05. The lowest BCUT2D eigenvalue weighted by Crippen LogP contribution is -2.31. The number of halogens is 1. The molecule has 4 heteroatoms. The molecule has 1 aromatic rings. The Hall–Kier alpha value is -3.01. The summed E-state index contributed by atoms with van der Waals surface area (Å²) >= 11 is 0. The van der Waals surface area contributed by atoms with Gasteiger partial charge >= 0.3 is 0 Å². The van der Waals surface area contributed by atoms with Crippen LogP contribution >= 0.6 is 0 Å². The number of hydrogen-bond acceptors (Lipinski definition) is 3. The molecule has 2 N–H and O–H groups in total. The van der Waals surface area contributed by atoms with Gasteiger partial charge in [-0.05, 0) is 67.4 Å². The van der Waals surface area contributed by atoms with Crippen LogP contribution in [0.15, 0.2) is 85.0 Å². The fraction of sp³-hybridized carbons (Fsp3) is 0.419. The van der Waals surface area contributed by atoms with Gasteiger partial charge in [-0.2, -0.15) is 0 Å². The zero-order valence-electron chi connectivity index (χ0n) is 23.2. The number of rotatable bonds is 13. The molecule has 1 rings (SSSR count). The predicted octanol–water partition coefficient (Wildman–Crippen LogP) is 8.63. The molecular weight excluding hydrogens is 433 g/mol. The lowest BCUT2D eigenvalue weighted by atomic mass is 9.84. The van der Waals surface area contributed by atoms with Gasteiger partial charge in [0.1, 0.15) is 5.83 Å². The van der Waals surface area contributed by atoms with E-state index in [1.54, 1.807) is 13.0 Å². The Morgan fingerprint density at radius 1 is 1.14 bits per heavy atom. The summed E-state index contributed by atoms with van der Waals surface area (Å²) in [5, 5.41) is 6.59. The van der Waals surface area contributed by atoms with Crippen LogP contribution in [0.4, 0.5) is 15.8 Å². The van der Waals surface area contributed by atoms with Crippen LogP contribution < -0.4 is 15.5 Å². The molecule has 0 bridgehead atoms. The first-order valence-electron chi connectivity index (χ1n) is 12.2. The largest absolute Gasteiger partial charge is 0.383 e. The Kier molecular flexibility index (Phi) is 11.3. The third-order valence-electron chi connectivity index (χ3n) is 5.92. The minimum absolute atomic E-state index is 0.104. The molecular formula is C31H46FN3. The number of nitrogens with one attached hydrogen (secondary N) is 2. The highest BCUT2D eigenvalue weighted by Crippen LogP contribution is 2.28. The van der Waals surface area contributed by atoms with E-state index in [0.717, 1.165) is 29.8 Å². The quantitative estimate of drug-likeness (QED) is 0.219. The fourth-order valence-corrected chi connectivity index (χ4v) is 3.95. The van der Waals surface area contributed by atoms with Gasteiger partial charge in [0.25, 0.3) is 0 Å². The van der Waals surface area contributed by atoms with Crippen LogP contribution in [0, 0.1) is 11.3 Å². The number of nitrogens with zero attached hydrogens (tertiary/aromatic N) is 1. The van der Waals surface area contributed by atoms with E-state index in [4.69, 9.17) is 0 Å². The zero-order valence-corrected chi connectivity index (χ0v) is 23.2. The second-order valence-electron chi connectivity index (χ2n) is 10.9. The van der Waals surface area contributed by atoms with E-state index in [2.05, 4.69) is 71.6 Å². The SMILES string of the molecule is C=C/C(=C/C(F)=C(\C)NC(C)C(C)CC(=C)CC(C)(C)C)C(=C)Nc1ccc(C=C)c(N(C)C)c1. The van der Waals surface area contributed by atoms with E-state index in [-0.39, 0.29) is 17.3 Å². The van der Waals surface area contributed by atoms with Crippen LogP contribution in [-0.2, 0) is 0 Å². The summed E-state index contributed by atoms with van der Waals surface area (Å²) in [5.74, 6) is -0.0112. The first-order chi connectivity index (χ1) is 16.2. The molecule has 0 amide bonds. The molecule has 0 aliphatic carbocycles. The van der Waals surface area contributed by atoms with Crippen molar-refractivity contribution >= 4 is 17.5 Å². The Balaban J connectivity index is 2.94. The molecule has 2 atom stereocenters. The molecule has 3 nitrogen and oxygen atoms in total. The molecule has 0 saturated heterocycles. The third-order valence-corrected chi connectivity index (χ3v) is 5.92. The van der Waals surface area contributed by atoms with Gasteiger partial charge in [-0.15, -0.1) is 0 Å². The van der Waals surface area contributed by atoms with E-state index in [1.165, 1.54) is 11.6 Å². The second-order valence-corrected chi connectivity index (χ2v) is 10.9. The number of allylic oxidation sites excluding steroid dienone is 5. The summed E-state index contributed by atoms with van der Waals surface area (Å²) in [5.41, 5.74) is 6.02. The minimum atomic E-state index is -0.341. The average Bonchev–Trinajstić information content (AvgIpc) is 2.75. The predicted molar refractivity (Wildman–Crippen MR) is 155 cm³/mol. The lowest BCUT2D eigenvalue weighted by molar-refractivity contribution is 0.373. The van der Waals surface area contributed by atoms with Gasteiger partial charge in [0.2, 0.25) is 0 Å². The topological polar surface area (TPSA) is 27.3 Å². The summed E-state index contributed by atoms with van der Waals surface area (Å²) < 4.78 is 15.1. The van der Waals surface area contributed by atoms with E-state index in [0.29, 0.717) is 22.9 Å². The van der Waals surface area contributed by atoms with Crippen LogP contribution in [-0.4, -0.2) is 20.1 Å². The van der Waals surface area contributed by atoms with Gasteiger partial charge in [-0.3, -0.25) is 0 Å². The van der Waals surface area contributed by atoms with E-state index < -0.39 is 0 Å². The second kappa shape index (κ2) is 13.2. The highest BCUT2D eigenvalue weighted by molar-refractivity contribution is 5.72. The highest BCUT2D eigenvalue weighted by Gasteiger charge is 2.18. The van der Waals surface area contributed by atoms with E-state index in [1.807, 2.05) is 43.3 Å². The van der Waals surface area contributed by atoms with Gasteiger partial charge in [0.05, 0.1) is 0 Å². The monoisotopic (exact) mass is 479 g/mol. The van der Waals surface area contributed by atoms with Gasteiger partial charge in [0.15, 0.2) is 0 Å². The van der Waals surface area contributed by atoms with Crippen molar-refractivity contribution in [2.24, 2.45) is 11.3 Å². The summed E-state index contributed by atoms with van der Waals surface area (Å²) in [6.45, 7) is 28.7. The third kappa shape index (κ3) is 10.0. The van der Waals surface area contributed by atoms with Gasteiger partial charge in [-0.1, -0.05) is 77.8 Å². The minimum Gasteiger partial charge on any atom is -0.383 e. The molecule has 0 fully saturated rings. The van der Waals surface area contributed by atoms with Crippen molar-refractivity contribution in [1.29, 1.82) is 0 Å². The van der Waals surface area contributed by atoms with Crippen LogP contribution in [0.5, 0.6) is 0 Å². The zero-order chi connectivity index (χ0) is 26.9. The lowest BCUT2D eigenvalue weighted by Gasteiger charge is -2.26. The summed E-state index contributed by atoms with van der Waals surface area (Å²) in [4.78, 5) is 2.02. The van der Waals surface area contributed by atoms with Crippen LogP contribution in [0.3, 0.4) is 0 Å². The van der Waals surface area contributed by atoms with E-state index in [9.17, 15) is 0 Å². The van der Waals surface area contributed by atoms with Crippen molar-refractivity contribution in [1.82, 2.24) is 5.32 Å². The molecule has 35 heavy (non-hydrogen) atoms. The number of hydrogen-bond donors (Lipinski definition) is 2. The maximum absolute atomic E-state index is 15.1. The van der Waals surface area contributed by atoms with Crippen molar-refractivity contribution in [3.63, 3.8) is 0 Å². The molecule has 0 heterocycles. The van der Waals surface area contributed by atoms with E-state index >= 15 is 4.39 Å². The van der Waals surface area contributed by atoms with Gasteiger partial charge in [0, 0.05) is 42.9 Å². The highest BCUT2D eigenvalue weighted by atomic mass is 19.1. The Bertz CT molecular complexity index is 989. The molecule has 0 aromatic heterocycles. The van der Waals surface area contributed by atoms with Crippen LogP contribution in [0.1, 0.15) is 59.9 Å². The molecule has 0 radical (unpaired) electrons. The molecule has 0 spiro atoms. The molecule has 0 saturated carbocycles. The summed E-state index contributed by atoms with van der Waals surface area (Å²) in [6.07, 6.45) is 6.79. The molecule has 0 aliphatic heterocycles. The Morgan fingerprint density at radius 2 is 1.77 bits per heavy atom. The Morgan fingerprint density at radius 3 is 2.29 bits per heavy atom. The smallest absolute Gasteiger partial charge is 0.142 e. The normalized spacial score (nSPS) is 14.4. The van der Waals surface area contributed by atoms with Crippen molar-refractivity contribution in [2.75, 3.05) is 24.3 Å². The van der Waals surface area contributed by atoms with Crippen molar-refractivity contribution in [3.05, 3.63) is 90.6 Å². The molecule has 1 aromatic carbocycles. The van der Waals surface area contributed by atoms with Gasteiger partial charge in [-0.25, -0.2) is 4.39 Å². The molecule has 192 valence electrons. The maximum Gasteiger partial charge on any atom is 0.142 e. The maximum atomic E-state index is 15.1. The first-order valence-corrected chi connectivity index (χ1v) is 12.2. The van der Waals surface area contributed by atoms with Crippen molar-refractivity contribution < 1.29 is 4.39 Å². The standard InChI is InChI=1S/C31H46FN3/c1-13-26-15-16-28(19-30(26)35(11)12)34-24(6)27(14-2)18-29(32)25(7)33-23(5)22(4)17-21(3)20-31(8,9)10/h13-16,18-19,22-23,33-34H,1-3,6,17,20H2,4-5,7-12H3/b27-18-,29-25-. The van der Waals surface area contributed by atoms with Crippen LogP contribution in [0.2, 0.25) is 0 Å². The number of benzene rings is 1. The summed E-state index contributed by atoms with van der Waals surface area (Å²) in [7, 11) is 3.96. The van der Waals surface area contributed by atoms with Crippen LogP contribution in [0.25, 0.3) is 6.08 Å². The van der Waals surface area contributed by atoms with Crippen molar-refractivity contribution in [2.45, 2.75) is 60.4 Å². The van der Waals surface area contributed by atoms with Gasteiger partial charge < -0.3 is 15.5 Å². The first kappa shape index (κ1) is 30.0. The Labute approximate surface area is 213 Å². The molecule has 2 unspecified atom stereocenters. The fourth-order valence-electron chi connectivity index (χ4n) is 3.95.